The van der Waals surface area contributed by atoms with Gasteiger partial charge in [0.05, 0.1) is 23.9 Å². The lowest BCUT2D eigenvalue weighted by Gasteiger charge is -2.12. The largest absolute Gasteiger partial charge is 0.494 e. The fourth-order valence-corrected chi connectivity index (χ4v) is 4.77. The van der Waals surface area contributed by atoms with Gasteiger partial charge in [-0.2, -0.15) is 0 Å². The highest BCUT2D eigenvalue weighted by atomic mass is 32.2. The average molecular weight is 431 g/mol. The number of sulfone groups is 1. The van der Waals surface area contributed by atoms with Crippen LogP contribution in [0.4, 0.5) is 0 Å². The van der Waals surface area contributed by atoms with Crippen LogP contribution in [0, 0.1) is 0 Å². The highest BCUT2D eigenvalue weighted by Crippen LogP contribution is 2.29. The number of benzene rings is 2. The molecule has 0 spiro atoms. The van der Waals surface area contributed by atoms with E-state index in [1.807, 2.05) is 24.3 Å². The van der Waals surface area contributed by atoms with E-state index in [4.69, 9.17) is 9.47 Å². The fourth-order valence-electron chi connectivity index (χ4n) is 3.31. The number of ether oxygens (including phenoxy) is 2. The van der Waals surface area contributed by atoms with E-state index >= 15 is 0 Å². The molecular weight excluding hydrogens is 404 g/mol. The zero-order chi connectivity index (χ0) is 21.6. The Morgan fingerprint density at radius 3 is 2.67 bits per heavy atom. The maximum Gasteiger partial charge on any atom is 0.331 e. The lowest BCUT2D eigenvalue weighted by molar-refractivity contribution is -0.132. The smallest absolute Gasteiger partial charge is 0.331 e. The van der Waals surface area contributed by atoms with Crippen molar-refractivity contribution >= 4 is 21.9 Å². The van der Waals surface area contributed by atoms with Crippen molar-refractivity contribution in [2.24, 2.45) is 0 Å². The second kappa shape index (κ2) is 9.80. The van der Waals surface area contributed by atoms with E-state index in [0.717, 1.165) is 30.6 Å². The maximum absolute atomic E-state index is 12.4. The third kappa shape index (κ3) is 5.42. The Morgan fingerprint density at radius 1 is 1.10 bits per heavy atom. The number of aryl methyl sites for hydroxylation is 1. The van der Waals surface area contributed by atoms with Gasteiger partial charge in [0.2, 0.25) is 0 Å². The molecular formula is C23H26O6S. The summed E-state index contributed by atoms with van der Waals surface area (Å²) in [7, 11) is -3.52. The molecule has 0 atom stereocenters. The highest BCUT2D eigenvalue weighted by molar-refractivity contribution is 7.91. The van der Waals surface area contributed by atoms with E-state index < -0.39 is 15.8 Å². The molecule has 1 aliphatic heterocycles. The van der Waals surface area contributed by atoms with E-state index in [0.29, 0.717) is 24.5 Å². The Bertz CT molecular complexity index is 1040. The molecule has 0 saturated heterocycles. The van der Waals surface area contributed by atoms with Crippen LogP contribution in [0.3, 0.4) is 0 Å². The summed E-state index contributed by atoms with van der Waals surface area (Å²) < 4.78 is 36.4. The number of para-hydroxylation sites is 1. The minimum absolute atomic E-state index is 0.0119. The maximum atomic E-state index is 12.4. The molecule has 0 amide bonds. The Labute approximate surface area is 177 Å². The van der Waals surface area contributed by atoms with Gasteiger partial charge in [-0.1, -0.05) is 25.1 Å². The second-order valence-corrected chi connectivity index (χ2v) is 9.23. The molecule has 0 fully saturated rings. The van der Waals surface area contributed by atoms with Crippen molar-refractivity contribution < 1.29 is 27.8 Å². The Kier molecular flexibility index (Phi) is 7.15. The number of rotatable bonds is 9. The van der Waals surface area contributed by atoms with Crippen molar-refractivity contribution in [3.63, 3.8) is 0 Å². The molecule has 160 valence electrons. The first-order valence-corrected chi connectivity index (χ1v) is 11.7. The molecule has 1 N–H and O–H groups in total. The first-order chi connectivity index (χ1) is 14.4. The van der Waals surface area contributed by atoms with Gasteiger partial charge in [-0.3, -0.25) is 0 Å². The zero-order valence-corrected chi connectivity index (χ0v) is 17.8. The molecule has 2 aromatic carbocycles. The molecule has 6 nitrogen and oxygen atoms in total. The van der Waals surface area contributed by atoms with Crippen molar-refractivity contribution in [3.8, 4) is 11.5 Å². The quantitative estimate of drug-likeness (QED) is 0.602. The molecule has 0 radical (unpaired) electrons. The molecule has 0 bridgehead atoms. The molecule has 0 aliphatic carbocycles. The zero-order valence-electron chi connectivity index (χ0n) is 17.0. The number of carbonyl (C=O) groups is 1. The highest BCUT2D eigenvalue weighted by Gasteiger charge is 2.24. The minimum atomic E-state index is -3.52. The van der Waals surface area contributed by atoms with Gasteiger partial charge in [0.1, 0.15) is 11.5 Å². The summed E-state index contributed by atoms with van der Waals surface area (Å²) in [4.78, 5) is 11.5. The topological polar surface area (TPSA) is 89.9 Å². The van der Waals surface area contributed by atoms with Gasteiger partial charge in [-0.05, 0) is 67.2 Å². The first kappa shape index (κ1) is 21.9. The molecule has 0 saturated carbocycles. The SMILES string of the molecule is CCCOc1ccccc1CCCOc1ccc2c(c1)C=C(C(=O)O)CCS2(=O)=O. The normalized spacial score (nSPS) is 14.9. The van der Waals surface area contributed by atoms with Crippen molar-refractivity contribution in [2.75, 3.05) is 19.0 Å². The van der Waals surface area contributed by atoms with Crippen LogP contribution in [0.15, 0.2) is 52.9 Å². The summed E-state index contributed by atoms with van der Waals surface area (Å²) in [6.45, 7) is 3.19. The Morgan fingerprint density at radius 2 is 1.90 bits per heavy atom. The summed E-state index contributed by atoms with van der Waals surface area (Å²) in [6.07, 6.45) is 3.92. The predicted octanol–water partition coefficient (Wildman–Crippen LogP) is 4.13. The predicted molar refractivity (Wildman–Crippen MR) is 115 cm³/mol. The molecule has 1 aliphatic rings. The van der Waals surface area contributed by atoms with Crippen LogP contribution < -0.4 is 9.47 Å². The minimum Gasteiger partial charge on any atom is -0.494 e. The van der Waals surface area contributed by atoms with E-state index in [1.165, 1.54) is 12.1 Å². The van der Waals surface area contributed by atoms with Crippen LogP contribution in [0.25, 0.3) is 6.08 Å². The third-order valence-corrected chi connectivity index (χ3v) is 6.64. The van der Waals surface area contributed by atoms with E-state index in [1.54, 1.807) is 12.1 Å². The van der Waals surface area contributed by atoms with Crippen molar-refractivity contribution in [1.82, 2.24) is 0 Å². The van der Waals surface area contributed by atoms with Crippen LogP contribution >= 0.6 is 0 Å². The Hall–Kier alpha value is -2.80. The third-order valence-electron chi connectivity index (χ3n) is 4.85. The van der Waals surface area contributed by atoms with Crippen molar-refractivity contribution in [2.45, 2.75) is 37.5 Å². The van der Waals surface area contributed by atoms with Crippen LogP contribution in [0.1, 0.15) is 37.3 Å². The van der Waals surface area contributed by atoms with Gasteiger partial charge in [-0.25, -0.2) is 13.2 Å². The van der Waals surface area contributed by atoms with Gasteiger partial charge in [0.25, 0.3) is 0 Å². The number of fused-ring (bicyclic) bond motifs is 1. The lowest BCUT2D eigenvalue weighted by Crippen LogP contribution is -2.09. The van der Waals surface area contributed by atoms with Gasteiger partial charge >= 0.3 is 5.97 Å². The Balaban J connectivity index is 1.66. The van der Waals surface area contributed by atoms with Crippen LogP contribution in [0.2, 0.25) is 0 Å². The monoisotopic (exact) mass is 430 g/mol. The standard InChI is InChI=1S/C23H26O6S/c1-2-12-29-21-8-4-3-6-17(21)7-5-13-28-20-9-10-22-19(16-20)15-18(23(24)25)11-14-30(22,26)27/h3-4,6,8-10,15-16H,2,5,7,11-14H2,1H3,(H,24,25). The molecule has 0 unspecified atom stereocenters. The van der Waals surface area contributed by atoms with E-state index in [9.17, 15) is 18.3 Å². The molecule has 2 aromatic rings. The van der Waals surface area contributed by atoms with Crippen LogP contribution in [-0.2, 0) is 21.1 Å². The van der Waals surface area contributed by atoms with Crippen LogP contribution in [0.5, 0.6) is 11.5 Å². The number of carboxylic acids is 1. The summed E-state index contributed by atoms with van der Waals surface area (Å²) in [5, 5.41) is 9.28. The molecule has 1 heterocycles. The summed E-state index contributed by atoms with van der Waals surface area (Å²) in [5.41, 5.74) is 1.57. The lowest BCUT2D eigenvalue weighted by atomic mass is 10.1. The van der Waals surface area contributed by atoms with Gasteiger partial charge in [0.15, 0.2) is 9.84 Å². The van der Waals surface area contributed by atoms with E-state index in [2.05, 4.69) is 6.92 Å². The number of hydrogen-bond donors (Lipinski definition) is 1. The summed E-state index contributed by atoms with van der Waals surface area (Å²) >= 11 is 0. The number of hydrogen-bond acceptors (Lipinski definition) is 5. The molecule has 3 rings (SSSR count). The first-order valence-electron chi connectivity index (χ1n) is 10.0. The summed E-state index contributed by atoms with van der Waals surface area (Å²) in [5.74, 6) is 0.0919. The van der Waals surface area contributed by atoms with Gasteiger partial charge in [0, 0.05) is 5.57 Å². The second-order valence-electron chi connectivity index (χ2n) is 7.15. The number of aliphatic carboxylic acids is 1. The van der Waals surface area contributed by atoms with E-state index in [-0.39, 0.29) is 22.6 Å². The van der Waals surface area contributed by atoms with Crippen molar-refractivity contribution in [3.05, 3.63) is 59.2 Å². The summed E-state index contributed by atoms with van der Waals surface area (Å²) in [6, 6.07) is 12.6. The van der Waals surface area contributed by atoms with Gasteiger partial charge < -0.3 is 14.6 Å². The van der Waals surface area contributed by atoms with Gasteiger partial charge in [-0.15, -0.1) is 0 Å². The molecule has 7 heteroatoms. The van der Waals surface area contributed by atoms with Crippen molar-refractivity contribution in [1.29, 1.82) is 0 Å². The number of carboxylic acid groups (broad SMARTS) is 1. The van der Waals surface area contributed by atoms with Crippen LogP contribution in [-0.4, -0.2) is 38.5 Å². The average Bonchev–Trinajstić information content (AvgIpc) is 2.86. The molecule has 0 aromatic heterocycles. The molecule has 30 heavy (non-hydrogen) atoms. The fraction of sp³-hybridized carbons (Fsp3) is 0.348.